The molecular formula is C15H20N2O3. The van der Waals surface area contributed by atoms with E-state index in [1.54, 1.807) is 17.7 Å². The summed E-state index contributed by atoms with van der Waals surface area (Å²) in [5.41, 5.74) is 0.746. The monoisotopic (exact) mass is 276 g/mol. The van der Waals surface area contributed by atoms with Gasteiger partial charge in [0, 0.05) is 26.3 Å². The van der Waals surface area contributed by atoms with Gasteiger partial charge < -0.3 is 19.7 Å². The molecule has 2 rings (SSSR count). The molecular weight excluding hydrogens is 256 g/mol. The zero-order valence-corrected chi connectivity index (χ0v) is 11.6. The van der Waals surface area contributed by atoms with Crippen molar-refractivity contribution in [3.63, 3.8) is 0 Å². The minimum atomic E-state index is -0.615. The van der Waals surface area contributed by atoms with Crippen LogP contribution in [0.5, 0.6) is 0 Å². The van der Waals surface area contributed by atoms with Gasteiger partial charge in [-0.25, -0.2) is 0 Å². The Labute approximate surface area is 117 Å². The van der Waals surface area contributed by atoms with Crippen LogP contribution in [0.2, 0.25) is 0 Å². The third-order valence-corrected chi connectivity index (χ3v) is 3.16. The quantitative estimate of drug-likeness (QED) is 0.727. The van der Waals surface area contributed by atoms with Crippen molar-refractivity contribution in [2.24, 2.45) is 0 Å². The van der Waals surface area contributed by atoms with Gasteiger partial charge >= 0.3 is 0 Å². The van der Waals surface area contributed by atoms with E-state index < -0.39 is 6.10 Å². The highest BCUT2D eigenvalue weighted by Crippen LogP contribution is 2.11. The fraction of sp³-hybridized carbons (Fsp3) is 0.400. The van der Waals surface area contributed by atoms with Crippen molar-refractivity contribution in [3.8, 4) is 0 Å². The third kappa shape index (κ3) is 3.66. The first-order chi connectivity index (χ1) is 9.72. The molecule has 0 saturated heterocycles. The molecule has 1 aromatic carbocycles. The Kier molecular flexibility index (Phi) is 5.29. The summed E-state index contributed by atoms with van der Waals surface area (Å²) < 4.78 is 6.53. The van der Waals surface area contributed by atoms with Gasteiger partial charge in [-0.3, -0.25) is 4.79 Å². The summed E-state index contributed by atoms with van der Waals surface area (Å²) in [4.78, 5) is 12.0. The predicted molar refractivity (Wildman–Crippen MR) is 79.0 cm³/mol. The van der Waals surface area contributed by atoms with E-state index >= 15 is 0 Å². The molecule has 0 radical (unpaired) electrons. The zero-order chi connectivity index (χ0) is 14.4. The number of methoxy groups -OCH3 is 1. The summed E-state index contributed by atoms with van der Waals surface area (Å²) in [6.07, 6.45) is -0.615. The van der Waals surface area contributed by atoms with Gasteiger partial charge in [0.1, 0.15) is 0 Å². The normalized spacial score (nSPS) is 12.7. The smallest absolute Gasteiger partial charge is 0.251 e. The first-order valence-corrected chi connectivity index (χ1v) is 6.68. The molecule has 1 atom stereocenters. The van der Waals surface area contributed by atoms with E-state index in [0.717, 1.165) is 10.9 Å². The predicted octanol–water partition coefficient (Wildman–Crippen LogP) is 0.598. The van der Waals surface area contributed by atoms with Crippen molar-refractivity contribution >= 4 is 10.9 Å². The van der Waals surface area contributed by atoms with Crippen LogP contribution in [-0.4, -0.2) is 42.6 Å². The number of nitrogens with zero attached hydrogens (tertiary/aromatic N) is 1. The molecule has 0 aliphatic heterocycles. The van der Waals surface area contributed by atoms with E-state index in [-0.39, 0.29) is 12.1 Å². The Hall–Kier alpha value is -1.69. The summed E-state index contributed by atoms with van der Waals surface area (Å²) in [5, 5.41) is 14.1. The minimum absolute atomic E-state index is 0.0976. The van der Waals surface area contributed by atoms with E-state index in [1.807, 2.05) is 24.3 Å². The summed E-state index contributed by atoms with van der Waals surface area (Å²) in [5.74, 6) is 0. The largest absolute Gasteiger partial charge is 0.390 e. The van der Waals surface area contributed by atoms with Gasteiger partial charge in [-0.05, 0) is 17.5 Å². The van der Waals surface area contributed by atoms with E-state index in [1.165, 1.54) is 6.07 Å². The Morgan fingerprint density at radius 3 is 2.90 bits per heavy atom. The number of aromatic nitrogens is 1. The molecule has 1 aromatic heterocycles. The Morgan fingerprint density at radius 2 is 2.10 bits per heavy atom. The van der Waals surface area contributed by atoms with E-state index in [4.69, 9.17) is 4.74 Å². The molecule has 0 amide bonds. The average Bonchev–Trinajstić information content (AvgIpc) is 2.47. The summed E-state index contributed by atoms with van der Waals surface area (Å²) in [6.45, 7) is 1.98. The number of ether oxygens (including phenoxy) is 1. The topological polar surface area (TPSA) is 63.5 Å². The zero-order valence-electron chi connectivity index (χ0n) is 11.6. The maximum absolute atomic E-state index is 12.0. The average molecular weight is 276 g/mol. The van der Waals surface area contributed by atoms with Crippen molar-refractivity contribution < 1.29 is 9.84 Å². The number of para-hydroxylation sites is 1. The number of hydrogen-bond donors (Lipinski definition) is 2. The Balaban J connectivity index is 2.09. The summed E-state index contributed by atoms with van der Waals surface area (Å²) in [6, 6.07) is 11.0. The molecule has 0 aliphatic carbocycles. The fourth-order valence-electron chi connectivity index (χ4n) is 2.15. The van der Waals surface area contributed by atoms with Gasteiger partial charge in [-0.1, -0.05) is 18.2 Å². The molecule has 0 aliphatic rings. The first-order valence-electron chi connectivity index (χ1n) is 6.68. The van der Waals surface area contributed by atoms with Crippen LogP contribution in [0.3, 0.4) is 0 Å². The molecule has 108 valence electrons. The lowest BCUT2D eigenvalue weighted by Gasteiger charge is -2.15. The van der Waals surface area contributed by atoms with E-state index in [2.05, 4.69) is 5.32 Å². The van der Waals surface area contributed by atoms with Crippen molar-refractivity contribution in [2.45, 2.75) is 12.6 Å². The number of aliphatic hydroxyl groups excluding tert-OH is 1. The van der Waals surface area contributed by atoms with Gasteiger partial charge in [0.25, 0.3) is 5.56 Å². The lowest BCUT2D eigenvalue weighted by atomic mass is 10.2. The molecule has 0 spiro atoms. The highest BCUT2D eigenvalue weighted by molar-refractivity contribution is 5.78. The second kappa shape index (κ2) is 7.19. The lowest BCUT2D eigenvalue weighted by Crippen LogP contribution is -2.35. The van der Waals surface area contributed by atoms with Gasteiger partial charge in [0.15, 0.2) is 0 Å². The highest BCUT2D eigenvalue weighted by atomic mass is 16.5. The van der Waals surface area contributed by atoms with Crippen molar-refractivity contribution in [1.82, 2.24) is 9.88 Å². The third-order valence-electron chi connectivity index (χ3n) is 3.16. The van der Waals surface area contributed by atoms with Crippen LogP contribution in [-0.2, 0) is 11.3 Å². The molecule has 5 heteroatoms. The van der Waals surface area contributed by atoms with Gasteiger partial charge in [-0.15, -0.1) is 0 Å². The molecule has 2 aromatic rings. The van der Waals surface area contributed by atoms with Crippen LogP contribution in [0.1, 0.15) is 0 Å². The maximum atomic E-state index is 12.0. The van der Waals surface area contributed by atoms with Crippen molar-refractivity contribution in [1.29, 1.82) is 0 Å². The summed E-state index contributed by atoms with van der Waals surface area (Å²) in [7, 11) is 1.63. The highest BCUT2D eigenvalue weighted by Gasteiger charge is 2.08. The number of benzene rings is 1. The number of hydrogen-bond acceptors (Lipinski definition) is 4. The second-order valence-corrected chi connectivity index (χ2v) is 4.69. The molecule has 2 N–H and O–H groups in total. The number of pyridine rings is 1. The van der Waals surface area contributed by atoms with Crippen LogP contribution in [0.25, 0.3) is 10.9 Å². The number of rotatable bonds is 7. The minimum Gasteiger partial charge on any atom is -0.390 e. The van der Waals surface area contributed by atoms with Crippen LogP contribution in [0, 0.1) is 0 Å². The van der Waals surface area contributed by atoms with Crippen LogP contribution in [0.15, 0.2) is 41.2 Å². The van der Waals surface area contributed by atoms with Crippen molar-refractivity contribution in [2.75, 3.05) is 26.8 Å². The first kappa shape index (κ1) is 14.7. The van der Waals surface area contributed by atoms with Gasteiger partial charge in [0.05, 0.1) is 24.8 Å². The van der Waals surface area contributed by atoms with E-state index in [9.17, 15) is 9.90 Å². The summed E-state index contributed by atoms with van der Waals surface area (Å²) >= 11 is 0. The molecule has 0 fully saturated rings. The molecule has 0 bridgehead atoms. The molecule has 0 saturated carbocycles. The van der Waals surface area contributed by atoms with E-state index in [0.29, 0.717) is 19.7 Å². The molecule has 1 heterocycles. The molecule has 5 nitrogen and oxygen atoms in total. The number of aliphatic hydroxyl groups is 1. The van der Waals surface area contributed by atoms with Gasteiger partial charge in [-0.2, -0.15) is 0 Å². The van der Waals surface area contributed by atoms with Crippen molar-refractivity contribution in [3.05, 3.63) is 46.8 Å². The van der Waals surface area contributed by atoms with Gasteiger partial charge in [0.2, 0.25) is 0 Å². The number of fused-ring (bicyclic) bond motifs is 1. The Bertz CT molecular complexity index is 609. The number of nitrogens with one attached hydrogen (secondary N) is 1. The molecule has 20 heavy (non-hydrogen) atoms. The van der Waals surface area contributed by atoms with Crippen LogP contribution >= 0.6 is 0 Å². The lowest BCUT2D eigenvalue weighted by molar-refractivity contribution is 0.144. The maximum Gasteiger partial charge on any atom is 0.251 e. The molecule has 1 unspecified atom stereocenters. The second-order valence-electron chi connectivity index (χ2n) is 4.69. The Morgan fingerprint density at radius 1 is 1.30 bits per heavy atom. The van der Waals surface area contributed by atoms with Crippen LogP contribution in [0.4, 0.5) is 0 Å². The van der Waals surface area contributed by atoms with Crippen LogP contribution < -0.4 is 10.9 Å². The standard InChI is InChI=1S/C15H20N2O3/c1-20-9-8-16-10-13(18)11-17-14-5-3-2-4-12(14)6-7-15(17)19/h2-7,13,16,18H,8-11H2,1H3. The SMILES string of the molecule is COCCNCC(O)Cn1c(=O)ccc2ccccc21. The fourth-order valence-corrected chi connectivity index (χ4v) is 2.15.